The number of morpholine rings is 1. The van der Waals surface area contributed by atoms with E-state index < -0.39 is 0 Å². The van der Waals surface area contributed by atoms with Crippen LogP contribution in [0.2, 0.25) is 5.02 Å². The summed E-state index contributed by atoms with van der Waals surface area (Å²) in [4.78, 5) is 31.5. The number of anilines is 3. The van der Waals surface area contributed by atoms with Crippen molar-refractivity contribution in [3.8, 4) is 0 Å². The molecule has 2 aliphatic heterocycles. The lowest BCUT2D eigenvalue weighted by Crippen LogP contribution is -2.53. The summed E-state index contributed by atoms with van der Waals surface area (Å²) in [6.07, 6.45) is 3.53. The van der Waals surface area contributed by atoms with Crippen LogP contribution in [0.5, 0.6) is 0 Å². The zero-order valence-electron chi connectivity index (χ0n) is 24.3. The number of ether oxygens (including phenoxy) is 1. The van der Waals surface area contributed by atoms with Gasteiger partial charge in [0.25, 0.3) is 0 Å². The summed E-state index contributed by atoms with van der Waals surface area (Å²) in [5.41, 5.74) is 3.87. The van der Waals surface area contributed by atoms with Crippen LogP contribution >= 0.6 is 11.6 Å². The van der Waals surface area contributed by atoms with Crippen LogP contribution in [0.1, 0.15) is 50.8 Å². The number of halogens is 1. The minimum Gasteiger partial charge on any atom is -0.375 e. The number of piperazine rings is 1. The number of hydrogen-bond donors (Lipinski definition) is 0. The molecule has 2 atom stereocenters. The lowest BCUT2D eigenvalue weighted by atomic mass is 10.0. The van der Waals surface area contributed by atoms with Crippen molar-refractivity contribution in [1.29, 1.82) is 0 Å². The van der Waals surface area contributed by atoms with Crippen molar-refractivity contribution >= 4 is 41.2 Å². The molecule has 1 aromatic carbocycles. The van der Waals surface area contributed by atoms with E-state index in [0.29, 0.717) is 36.4 Å². The molecule has 3 heterocycles. The first-order chi connectivity index (χ1) is 18.9. The molecule has 0 bridgehead atoms. The standard InChI is InChI=1S/C30H43ClN6O2/c1-7-22-11-10-12-23(8-2)27(22)37(20-38)29-25(28(32-5)36-14-13-34(6)18-21(36)4)17-26(31)30(33-29)35-15-16-39-24(9-3)19-35/h10-12,17,20-21,24H,7-9,13-16,18-19H2,1-6H3/b32-28+. The van der Waals surface area contributed by atoms with E-state index in [1.165, 1.54) is 0 Å². The number of carbonyl (C=O) groups is 1. The number of likely N-dealkylation sites (N-methyl/N-ethyl adjacent to an activating group) is 1. The van der Waals surface area contributed by atoms with Gasteiger partial charge in [-0.15, -0.1) is 0 Å². The predicted octanol–water partition coefficient (Wildman–Crippen LogP) is 4.78. The first kappa shape index (κ1) is 29.3. The molecular weight excluding hydrogens is 512 g/mol. The molecule has 2 aromatic rings. The van der Waals surface area contributed by atoms with Gasteiger partial charge >= 0.3 is 0 Å². The Morgan fingerprint density at radius 1 is 1.18 bits per heavy atom. The Kier molecular flexibility index (Phi) is 9.86. The molecule has 0 saturated carbocycles. The normalized spacial score (nSPS) is 20.8. The zero-order chi connectivity index (χ0) is 28.1. The third kappa shape index (κ3) is 6.08. The van der Waals surface area contributed by atoms with Gasteiger partial charge in [0.2, 0.25) is 6.41 Å². The molecule has 9 heteroatoms. The van der Waals surface area contributed by atoms with Crippen LogP contribution in [-0.4, -0.2) is 92.6 Å². The smallest absolute Gasteiger partial charge is 0.219 e. The molecule has 0 spiro atoms. The van der Waals surface area contributed by atoms with E-state index in [2.05, 4.69) is 67.6 Å². The van der Waals surface area contributed by atoms with Crippen molar-refractivity contribution in [2.45, 2.75) is 59.1 Å². The molecule has 2 aliphatic rings. The maximum absolute atomic E-state index is 13.0. The number of para-hydroxylation sites is 1. The van der Waals surface area contributed by atoms with Gasteiger partial charge in [0.1, 0.15) is 11.7 Å². The van der Waals surface area contributed by atoms with Crippen molar-refractivity contribution in [3.63, 3.8) is 0 Å². The predicted molar refractivity (Wildman–Crippen MR) is 161 cm³/mol. The number of aryl methyl sites for hydroxylation is 2. The molecule has 1 amide bonds. The summed E-state index contributed by atoms with van der Waals surface area (Å²) < 4.78 is 5.92. The van der Waals surface area contributed by atoms with Gasteiger partial charge in [-0.3, -0.25) is 14.7 Å². The highest BCUT2D eigenvalue weighted by atomic mass is 35.5. The lowest BCUT2D eigenvalue weighted by molar-refractivity contribution is -0.106. The Morgan fingerprint density at radius 3 is 2.49 bits per heavy atom. The average molecular weight is 555 g/mol. The van der Waals surface area contributed by atoms with Gasteiger partial charge in [0.05, 0.1) is 29.0 Å². The first-order valence-electron chi connectivity index (χ1n) is 14.2. The van der Waals surface area contributed by atoms with Crippen LogP contribution in [0, 0.1) is 0 Å². The number of aliphatic imine (C=N–C) groups is 1. The van der Waals surface area contributed by atoms with E-state index in [1.54, 1.807) is 4.90 Å². The average Bonchev–Trinajstić information content (AvgIpc) is 2.95. The molecule has 212 valence electrons. The molecule has 8 nitrogen and oxygen atoms in total. The SMILES string of the molecule is CCc1cccc(CC)c1N(C=O)c1nc(N2CCOC(CC)C2)c(Cl)cc1/C(=N\C)N1CCN(C)CC1C. The second-order valence-electron chi connectivity index (χ2n) is 10.5. The summed E-state index contributed by atoms with van der Waals surface area (Å²) in [7, 11) is 3.95. The fourth-order valence-electron chi connectivity index (χ4n) is 5.79. The molecule has 4 rings (SSSR count). The highest BCUT2D eigenvalue weighted by molar-refractivity contribution is 6.33. The molecule has 2 unspecified atom stereocenters. The molecule has 0 aliphatic carbocycles. The number of rotatable bonds is 8. The summed E-state index contributed by atoms with van der Waals surface area (Å²) in [5.74, 6) is 2.04. The van der Waals surface area contributed by atoms with Crippen molar-refractivity contribution in [3.05, 3.63) is 46.0 Å². The van der Waals surface area contributed by atoms with Gasteiger partial charge in [0, 0.05) is 45.8 Å². The fourth-order valence-corrected chi connectivity index (χ4v) is 6.06. The number of nitrogens with zero attached hydrogens (tertiary/aromatic N) is 6. The highest BCUT2D eigenvalue weighted by Gasteiger charge is 2.32. The van der Waals surface area contributed by atoms with E-state index in [1.807, 2.05) is 13.1 Å². The van der Waals surface area contributed by atoms with Crippen LogP contribution in [0.3, 0.4) is 0 Å². The fraction of sp³-hybridized carbons (Fsp3) is 0.567. The Hall–Kier alpha value is -2.68. The number of aromatic nitrogens is 1. The summed E-state index contributed by atoms with van der Waals surface area (Å²) in [6.45, 7) is 13.3. The maximum atomic E-state index is 13.0. The van der Waals surface area contributed by atoms with Crippen molar-refractivity contribution in [1.82, 2.24) is 14.8 Å². The van der Waals surface area contributed by atoms with Gasteiger partial charge in [-0.2, -0.15) is 0 Å². The highest BCUT2D eigenvalue weighted by Crippen LogP contribution is 2.38. The van der Waals surface area contributed by atoms with E-state index in [4.69, 9.17) is 26.3 Å². The number of benzene rings is 1. The second kappa shape index (κ2) is 13.1. The topological polar surface area (TPSA) is 64.5 Å². The largest absolute Gasteiger partial charge is 0.375 e. The van der Waals surface area contributed by atoms with Crippen LogP contribution in [0.15, 0.2) is 29.3 Å². The van der Waals surface area contributed by atoms with Gasteiger partial charge in [-0.1, -0.05) is 50.6 Å². The van der Waals surface area contributed by atoms with Crippen LogP contribution in [-0.2, 0) is 22.4 Å². The van der Waals surface area contributed by atoms with Gasteiger partial charge in [0.15, 0.2) is 5.82 Å². The second-order valence-corrected chi connectivity index (χ2v) is 10.9. The van der Waals surface area contributed by atoms with Crippen molar-refractivity contribution in [2.24, 2.45) is 4.99 Å². The third-order valence-electron chi connectivity index (χ3n) is 7.93. The molecule has 2 fully saturated rings. The molecule has 39 heavy (non-hydrogen) atoms. The van der Waals surface area contributed by atoms with Gasteiger partial charge in [-0.25, -0.2) is 4.98 Å². The Morgan fingerprint density at radius 2 is 1.90 bits per heavy atom. The Balaban J connectivity index is 1.92. The van der Waals surface area contributed by atoms with Gasteiger partial charge < -0.3 is 19.4 Å². The molecule has 1 aromatic heterocycles. The van der Waals surface area contributed by atoms with Gasteiger partial charge in [-0.05, 0) is 50.4 Å². The van der Waals surface area contributed by atoms with Crippen molar-refractivity contribution < 1.29 is 9.53 Å². The molecular formula is C30H43ClN6O2. The Bertz CT molecular complexity index is 1170. The monoisotopic (exact) mass is 554 g/mol. The van der Waals surface area contributed by atoms with Crippen LogP contribution in [0.25, 0.3) is 0 Å². The van der Waals surface area contributed by atoms with E-state index in [0.717, 1.165) is 73.5 Å². The maximum Gasteiger partial charge on any atom is 0.219 e. The number of amides is 1. The molecule has 2 saturated heterocycles. The lowest BCUT2D eigenvalue weighted by Gasteiger charge is -2.41. The number of amidine groups is 1. The van der Waals surface area contributed by atoms with E-state index >= 15 is 0 Å². The quantitative estimate of drug-likeness (QED) is 0.266. The number of carbonyl (C=O) groups excluding carboxylic acids is 1. The summed E-state index contributed by atoms with van der Waals surface area (Å²) in [6, 6.07) is 8.45. The summed E-state index contributed by atoms with van der Waals surface area (Å²) in [5, 5.41) is 0.554. The molecule has 0 N–H and O–H groups in total. The minimum absolute atomic E-state index is 0.119. The van der Waals surface area contributed by atoms with E-state index in [9.17, 15) is 4.79 Å². The van der Waals surface area contributed by atoms with Crippen LogP contribution in [0.4, 0.5) is 17.3 Å². The Labute approximate surface area is 238 Å². The number of pyridine rings is 1. The molecule has 0 radical (unpaired) electrons. The van der Waals surface area contributed by atoms with Crippen molar-refractivity contribution in [2.75, 3.05) is 63.2 Å². The zero-order valence-corrected chi connectivity index (χ0v) is 25.0. The van der Waals surface area contributed by atoms with E-state index in [-0.39, 0.29) is 12.1 Å². The van der Waals surface area contributed by atoms with Crippen LogP contribution < -0.4 is 9.80 Å². The third-order valence-corrected chi connectivity index (χ3v) is 8.20. The minimum atomic E-state index is 0.119. The first-order valence-corrected chi connectivity index (χ1v) is 14.6. The summed E-state index contributed by atoms with van der Waals surface area (Å²) >= 11 is 7.00. The number of hydrogen-bond acceptors (Lipinski definition) is 6.